The van der Waals surface area contributed by atoms with Crippen LogP contribution < -0.4 is 10.5 Å². The Morgan fingerprint density at radius 3 is 2.64 bits per heavy atom. The number of rotatable bonds is 3. The second-order valence-corrected chi connectivity index (χ2v) is 3.12. The average molecular weight is 199 g/mol. The van der Waals surface area contributed by atoms with Gasteiger partial charge in [-0.3, -0.25) is 0 Å². The fraction of sp³-hybridized carbons (Fsp3) is 0.400. The van der Waals surface area contributed by atoms with Crippen molar-refractivity contribution in [3.05, 3.63) is 29.6 Å². The fourth-order valence-corrected chi connectivity index (χ4v) is 1.26. The summed E-state index contributed by atoms with van der Waals surface area (Å²) in [6.07, 6.45) is -0.819. The van der Waals surface area contributed by atoms with Crippen LogP contribution in [0.4, 0.5) is 4.39 Å². The van der Waals surface area contributed by atoms with E-state index in [0.29, 0.717) is 5.75 Å². The highest BCUT2D eigenvalue weighted by Crippen LogP contribution is 2.28. The number of hydrogen-bond donors (Lipinski definition) is 2. The van der Waals surface area contributed by atoms with Crippen LogP contribution in [0.2, 0.25) is 0 Å². The standard InChI is InChI=1S/C10H14FNO2/c1-6(13)10(12)9-7(11)4-3-5-8(9)14-2/h3-6,10,13H,12H2,1-2H3/t6-,10-/m1/s1. The summed E-state index contributed by atoms with van der Waals surface area (Å²) >= 11 is 0. The lowest BCUT2D eigenvalue weighted by Crippen LogP contribution is -2.24. The number of aliphatic hydroxyl groups is 1. The van der Waals surface area contributed by atoms with Crippen molar-refractivity contribution >= 4 is 0 Å². The van der Waals surface area contributed by atoms with Crippen molar-refractivity contribution in [1.82, 2.24) is 0 Å². The molecule has 0 fully saturated rings. The van der Waals surface area contributed by atoms with Gasteiger partial charge in [-0.2, -0.15) is 0 Å². The average Bonchev–Trinajstić information content (AvgIpc) is 2.16. The quantitative estimate of drug-likeness (QED) is 0.769. The van der Waals surface area contributed by atoms with Crippen LogP contribution in [0.5, 0.6) is 5.75 Å². The molecule has 1 rings (SSSR count). The topological polar surface area (TPSA) is 55.5 Å². The third-order valence-corrected chi connectivity index (χ3v) is 2.09. The summed E-state index contributed by atoms with van der Waals surface area (Å²) in [7, 11) is 1.44. The Balaban J connectivity index is 3.16. The lowest BCUT2D eigenvalue weighted by molar-refractivity contribution is 0.160. The predicted molar refractivity (Wildman–Crippen MR) is 51.6 cm³/mol. The highest BCUT2D eigenvalue weighted by atomic mass is 19.1. The maximum absolute atomic E-state index is 13.4. The van der Waals surface area contributed by atoms with Crippen LogP contribution in [-0.2, 0) is 0 Å². The minimum absolute atomic E-state index is 0.213. The fourth-order valence-electron chi connectivity index (χ4n) is 1.26. The number of aliphatic hydroxyl groups excluding tert-OH is 1. The predicted octanol–water partition coefficient (Wildman–Crippen LogP) is 1.21. The molecule has 0 radical (unpaired) electrons. The van der Waals surface area contributed by atoms with Crippen molar-refractivity contribution < 1.29 is 14.2 Å². The van der Waals surface area contributed by atoms with E-state index >= 15 is 0 Å². The molecular weight excluding hydrogens is 185 g/mol. The normalized spacial score (nSPS) is 14.9. The first-order valence-electron chi connectivity index (χ1n) is 4.34. The van der Waals surface area contributed by atoms with Gasteiger partial charge in [-0.25, -0.2) is 4.39 Å². The molecule has 0 saturated heterocycles. The van der Waals surface area contributed by atoms with Gasteiger partial charge < -0.3 is 15.6 Å². The Hall–Kier alpha value is -1.13. The lowest BCUT2D eigenvalue weighted by Gasteiger charge is -2.18. The molecule has 78 valence electrons. The molecular formula is C10H14FNO2. The first-order valence-corrected chi connectivity index (χ1v) is 4.34. The molecule has 3 nitrogen and oxygen atoms in total. The monoisotopic (exact) mass is 199 g/mol. The third kappa shape index (κ3) is 2.02. The highest BCUT2D eigenvalue weighted by Gasteiger charge is 2.20. The van der Waals surface area contributed by atoms with E-state index in [1.54, 1.807) is 6.07 Å². The second-order valence-electron chi connectivity index (χ2n) is 3.12. The van der Waals surface area contributed by atoms with Gasteiger partial charge in [0.2, 0.25) is 0 Å². The van der Waals surface area contributed by atoms with Gasteiger partial charge in [0.05, 0.1) is 19.3 Å². The van der Waals surface area contributed by atoms with E-state index in [2.05, 4.69) is 0 Å². The van der Waals surface area contributed by atoms with Gasteiger partial charge in [-0.1, -0.05) is 6.07 Å². The van der Waals surface area contributed by atoms with Crippen LogP contribution in [0.1, 0.15) is 18.5 Å². The van der Waals surface area contributed by atoms with Crippen molar-refractivity contribution in [3.8, 4) is 5.75 Å². The highest BCUT2D eigenvalue weighted by molar-refractivity contribution is 5.37. The zero-order chi connectivity index (χ0) is 10.7. The summed E-state index contributed by atoms with van der Waals surface area (Å²) in [5, 5.41) is 9.27. The van der Waals surface area contributed by atoms with Gasteiger partial charge >= 0.3 is 0 Å². The van der Waals surface area contributed by atoms with Crippen molar-refractivity contribution in [3.63, 3.8) is 0 Å². The Morgan fingerprint density at radius 2 is 2.14 bits per heavy atom. The number of nitrogens with two attached hydrogens (primary N) is 1. The van der Waals surface area contributed by atoms with E-state index in [4.69, 9.17) is 10.5 Å². The van der Waals surface area contributed by atoms with Crippen molar-refractivity contribution in [2.24, 2.45) is 5.73 Å². The van der Waals surface area contributed by atoms with E-state index in [1.165, 1.54) is 26.2 Å². The van der Waals surface area contributed by atoms with Crippen LogP contribution in [0.25, 0.3) is 0 Å². The maximum atomic E-state index is 13.4. The number of benzene rings is 1. The molecule has 0 aliphatic carbocycles. The van der Waals surface area contributed by atoms with Gasteiger partial charge in [0, 0.05) is 5.56 Å². The molecule has 0 aromatic heterocycles. The Bertz CT molecular complexity index is 315. The van der Waals surface area contributed by atoms with E-state index in [-0.39, 0.29) is 5.56 Å². The molecule has 0 heterocycles. The van der Waals surface area contributed by atoms with E-state index < -0.39 is 18.0 Å². The Labute approximate surface area is 82.3 Å². The molecule has 3 N–H and O–H groups in total. The maximum Gasteiger partial charge on any atom is 0.131 e. The Kier molecular flexibility index (Phi) is 3.43. The molecule has 4 heteroatoms. The molecule has 0 bridgehead atoms. The summed E-state index contributed by atoms with van der Waals surface area (Å²) in [6, 6.07) is 3.67. The van der Waals surface area contributed by atoms with Gasteiger partial charge in [0.25, 0.3) is 0 Å². The van der Waals surface area contributed by atoms with Crippen LogP contribution in [0, 0.1) is 5.82 Å². The van der Waals surface area contributed by atoms with Crippen LogP contribution >= 0.6 is 0 Å². The summed E-state index contributed by atoms with van der Waals surface area (Å²) in [4.78, 5) is 0. The van der Waals surface area contributed by atoms with Gasteiger partial charge in [0.1, 0.15) is 11.6 Å². The minimum Gasteiger partial charge on any atom is -0.496 e. The third-order valence-electron chi connectivity index (χ3n) is 2.09. The minimum atomic E-state index is -0.819. The van der Waals surface area contributed by atoms with Crippen molar-refractivity contribution in [2.75, 3.05) is 7.11 Å². The lowest BCUT2D eigenvalue weighted by atomic mass is 10.0. The SMILES string of the molecule is COc1cccc(F)c1[C@H](N)[C@@H](C)O. The largest absolute Gasteiger partial charge is 0.496 e. The first-order chi connectivity index (χ1) is 6.57. The molecule has 0 aliphatic heterocycles. The summed E-state index contributed by atoms with van der Waals surface area (Å²) < 4.78 is 18.3. The van der Waals surface area contributed by atoms with Gasteiger partial charge in [0.15, 0.2) is 0 Å². The molecule has 0 spiro atoms. The molecule has 0 aliphatic rings. The van der Waals surface area contributed by atoms with Crippen molar-refractivity contribution in [1.29, 1.82) is 0 Å². The summed E-state index contributed by atoms with van der Waals surface area (Å²) in [6.45, 7) is 1.51. The zero-order valence-corrected chi connectivity index (χ0v) is 8.20. The molecule has 1 aromatic carbocycles. The summed E-state index contributed by atoms with van der Waals surface area (Å²) in [5.74, 6) is -0.101. The molecule has 0 unspecified atom stereocenters. The Morgan fingerprint density at radius 1 is 1.50 bits per heavy atom. The summed E-state index contributed by atoms with van der Waals surface area (Å²) in [5.41, 5.74) is 5.86. The molecule has 0 saturated carbocycles. The van der Waals surface area contributed by atoms with Crippen molar-refractivity contribution in [2.45, 2.75) is 19.1 Å². The zero-order valence-electron chi connectivity index (χ0n) is 8.20. The van der Waals surface area contributed by atoms with E-state index in [1.807, 2.05) is 0 Å². The number of halogens is 1. The van der Waals surface area contributed by atoms with E-state index in [0.717, 1.165) is 0 Å². The number of ether oxygens (including phenoxy) is 1. The first kappa shape index (κ1) is 10.9. The van der Waals surface area contributed by atoms with Crippen LogP contribution in [0.15, 0.2) is 18.2 Å². The number of methoxy groups -OCH3 is 1. The van der Waals surface area contributed by atoms with Crippen LogP contribution in [0.3, 0.4) is 0 Å². The second kappa shape index (κ2) is 4.39. The molecule has 0 amide bonds. The smallest absolute Gasteiger partial charge is 0.131 e. The van der Waals surface area contributed by atoms with Gasteiger partial charge in [-0.05, 0) is 19.1 Å². The van der Waals surface area contributed by atoms with E-state index in [9.17, 15) is 9.50 Å². The molecule has 14 heavy (non-hydrogen) atoms. The van der Waals surface area contributed by atoms with Crippen LogP contribution in [-0.4, -0.2) is 18.3 Å². The number of hydrogen-bond acceptors (Lipinski definition) is 3. The molecule has 2 atom stereocenters. The van der Waals surface area contributed by atoms with Gasteiger partial charge in [-0.15, -0.1) is 0 Å². The molecule has 1 aromatic rings.